The summed E-state index contributed by atoms with van der Waals surface area (Å²) in [5, 5.41) is 0.107. The maximum atomic E-state index is 13.9. The van der Waals surface area contributed by atoms with Crippen LogP contribution in [0.3, 0.4) is 0 Å². The quantitative estimate of drug-likeness (QED) is 0.467. The zero-order valence-electron chi connectivity index (χ0n) is 17.2. The van der Waals surface area contributed by atoms with Gasteiger partial charge in [-0.15, -0.1) is 0 Å². The second kappa shape index (κ2) is 7.92. The first-order chi connectivity index (χ1) is 15.6. The lowest BCUT2D eigenvalue weighted by molar-refractivity contribution is 0.0714. The molecule has 0 saturated heterocycles. The molecule has 0 saturated carbocycles. The summed E-state index contributed by atoms with van der Waals surface area (Å²) < 4.78 is 25.2. The predicted octanol–water partition coefficient (Wildman–Crippen LogP) is 4.47. The zero-order valence-corrected chi connectivity index (χ0v) is 17.2. The van der Waals surface area contributed by atoms with Gasteiger partial charge in [0.1, 0.15) is 17.1 Å². The number of benzene rings is 2. The first-order valence-corrected chi connectivity index (χ1v) is 10.3. The molecule has 1 aliphatic rings. The van der Waals surface area contributed by atoms with Crippen LogP contribution in [0.15, 0.2) is 76.2 Å². The number of amides is 1. The van der Waals surface area contributed by atoms with Crippen LogP contribution in [0, 0.1) is 5.82 Å². The van der Waals surface area contributed by atoms with Crippen molar-refractivity contribution < 1.29 is 18.3 Å². The van der Waals surface area contributed by atoms with Gasteiger partial charge in [-0.2, -0.15) is 0 Å². The lowest BCUT2D eigenvalue weighted by atomic mass is 9.98. The summed E-state index contributed by atoms with van der Waals surface area (Å²) in [5.74, 6) is -0.269. The molecule has 2 aromatic heterocycles. The highest BCUT2D eigenvalue weighted by Crippen LogP contribution is 2.39. The van der Waals surface area contributed by atoms with Crippen molar-refractivity contribution in [2.24, 2.45) is 0 Å². The molecule has 7 heteroatoms. The molecule has 2 aromatic carbocycles. The minimum Gasteiger partial charge on any atom is -0.494 e. The van der Waals surface area contributed by atoms with Gasteiger partial charge >= 0.3 is 0 Å². The summed E-state index contributed by atoms with van der Waals surface area (Å²) in [5.41, 5.74) is 1.51. The Hall–Kier alpha value is -4.00. The number of aromatic nitrogens is 1. The topological polar surface area (TPSA) is 72.6 Å². The summed E-state index contributed by atoms with van der Waals surface area (Å²) in [6.07, 6.45) is 3.33. The van der Waals surface area contributed by atoms with E-state index in [1.807, 2.05) is 25.1 Å². The molecule has 1 atom stereocenters. The Morgan fingerprint density at radius 2 is 1.94 bits per heavy atom. The molecule has 0 fully saturated rings. The molecular formula is C25H19FN2O4. The van der Waals surface area contributed by atoms with Crippen molar-refractivity contribution in [2.75, 3.05) is 6.61 Å². The van der Waals surface area contributed by atoms with Gasteiger partial charge in [-0.05, 0) is 54.4 Å². The lowest BCUT2D eigenvalue weighted by Gasteiger charge is -2.25. The van der Waals surface area contributed by atoms with E-state index in [0.717, 1.165) is 17.2 Å². The van der Waals surface area contributed by atoms with Gasteiger partial charge in [-0.25, -0.2) is 4.39 Å². The van der Waals surface area contributed by atoms with Gasteiger partial charge in [0, 0.05) is 18.9 Å². The van der Waals surface area contributed by atoms with Gasteiger partial charge in [0.25, 0.3) is 5.91 Å². The summed E-state index contributed by atoms with van der Waals surface area (Å²) in [7, 11) is 0. The maximum absolute atomic E-state index is 13.9. The Kier molecular flexibility index (Phi) is 4.93. The summed E-state index contributed by atoms with van der Waals surface area (Å²) in [4.78, 5) is 32.5. The van der Waals surface area contributed by atoms with Crippen LogP contribution in [-0.2, 0) is 6.54 Å². The van der Waals surface area contributed by atoms with Crippen LogP contribution < -0.4 is 10.2 Å². The van der Waals surface area contributed by atoms with Crippen LogP contribution in [0.25, 0.3) is 11.0 Å². The Morgan fingerprint density at radius 1 is 1.12 bits per heavy atom. The van der Waals surface area contributed by atoms with Crippen LogP contribution >= 0.6 is 0 Å². The highest BCUT2D eigenvalue weighted by atomic mass is 19.1. The van der Waals surface area contributed by atoms with Crippen molar-refractivity contribution in [3.05, 3.63) is 105 Å². The van der Waals surface area contributed by atoms with Crippen molar-refractivity contribution in [2.45, 2.75) is 19.5 Å². The normalized spacial score (nSPS) is 15.2. The summed E-state index contributed by atoms with van der Waals surface area (Å²) >= 11 is 0. The molecule has 160 valence electrons. The molecular weight excluding hydrogens is 411 g/mol. The molecule has 5 rings (SSSR count). The van der Waals surface area contributed by atoms with Crippen LogP contribution in [0.2, 0.25) is 0 Å². The molecule has 0 N–H and O–H groups in total. The molecule has 0 bridgehead atoms. The van der Waals surface area contributed by atoms with Gasteiger partial charge in [-0.3, -0.25) is 14.6 Å². The van der Waals surface area contributed by atoms with E-state index in [1.165, 1.54) is 12.1 Å². The number of rotatable bonds is 5. The Balaban J connectivity index is 1.69. The average Bonchev–Trinajstić information content (AvgIpc) is 3.08. The van der Waals surface area contributed by atoms with Gasteiger partial charge in [0.2, 0.25) is 5.76 Å². The highest BCUT2D eigenvalue weighted by Gasteiger charge is 2.42. The fourth-order valence-electron chi connectivity index (χ4n) is 4.10. The summed E-state index contributed by atoms with van der Waals surface area (Å²) in [6, 6.07) is 13.9. The molecule has 1 aliphatic heterocycles. The molecule has 32 heavy (non-hydrogen) atoms. The van der Waals surface area contributed by atoms with Crippen molar-refractivity contribution in [1.82, 2.24) is 9.88 Å². The summed E-state index contributed by atoms with van der Waals surface area (Å²) in [6.45, 7) is 2.65. The van der Waals surface area contributed by atoms with E-state index in [1.54, 1.807) is 35.5 Å². The minimum absolute atomic E-state index is 0.0168. The van der Waals surface area contributed by atoms with Crippen molar-refractivity contribution >= 4 is 16.9 Å². The van der Waals surface area contributed by atoms with E-state index in [2.05, 4.69) is 4.98 Å². The first-order valence-electron chi connectivity index (χ1n) is 10.3. The van der Waals surface area contributed by atoms with E-state index in [-0.39, 0.29) is 28.8 Å². The van der Waals surface area contributed by atoms with Crippen LogP contribution in [0.1, 0.15) is 40.2 Å². The molecule has 1 unspecified atom stereocenters. The second-order valence-electron chi connectivity index (χ2n) is 7.51. The zero-order chi connectivity index (χ0) is 22.2. The van der Waals surface area contributed by atoms with Gasteiger partial charge in [-0.1, -0.05) is 18.2 Å². The van der Waals surface area contributed by atoms with Crippen molar-refractivity contribution in [3.63, 3.8) is 0 Å². The highest BCUT2D eigenvalue weighted by molar-refractivity contribution is 5.99. The van der Waals surface area contributed by atoms with E-state index >= 15 is 0 Å². The van der Waals surface area contributed by atoms with Crippen molar-refractivity contribution in [1.29, 1.82) is 0 Å². The third kappa shape index (κ3) is 3.32. The van der Waals surface area contributed by atoms with Gasteiger partial charge in [0.05, 0.1) is 23.6 Å². The average molecular weight is 430 g/mol. The Labute approximate surface area is 182 Å². The number of nitrogens with zero attached hydrogens (tertiary/aromatic N) is 2. The molecule has 1 amide bonds. The smallest absolute Gasteiger partial charge is 0.291 e. The van der Waals surface area contributed by atoms with Crippen LogP contribution in [-0.4, -0.2) is 22.4 Å². The van der Waals surface area contributed by atoms with E-state index in [0.29, 0.717) is 12.4 Å². The SMILES string of the molecule is CCOc1ccc(C2c3c(oc4ccc(F)cc4c3=O)C(=O)N2Cc2cccnc2)cc1. The number of carbonyl (C=O) groups is 1. The number of carbonyl (C=O) groups excluding carboxylic acids is 1. The number of hydrogen-bond acceptors (Lipinski definition) is 5. The monoisotopic (exact) mass is 430 g/mol. The largest absolute Gasteiger partial charge is 0.494 e. The number of hydrogen-bond donors (Lipinski definition) is 0. The third-order valence-corrected chi connectivity index (χ3v) is 5.51. The fourth-order valence-corrected chi connectivity index (χ4v) is 4.10. The van der Waals surface area contributed by atoms with Crippen LogP contribution in [0.4, 0.5) is 4.39 Å². The molecule has 0 radical (unpaired) electrons. The number of ether oxygens (including phenoxy) is 1. The molecule has 0 spiro atoms. The van der Waals surface area contributed by atoms with Crippen molar-refractivity contribution in [3.8, 4) is 5.75 Å². The minimum atomic E-state index is -0.683. The Morgan fingerprint density at radius 3 is 2.66 bits per heavy atom. The standard InChI is InChI=1S/C25H19FN2O4/c1-2-31-18-8-5-16(6-9-18)22-21-23(29)19-12-17(26)7-10-20(19)32-24(21)25(30)28(22)14-15-4-3-11-27-13-15/h3-13,22H,2,14H2,1H3. The lowest BCUT2D eigenvalue weighted by Crippen LogP contribution is -2.29. The van der Waals surface area contributed by atoms with E-state index < -0.39 is 23.2 Å². The van der Waals surface area contributed by atoms with Gasteiger partial charge in [0.15, 0.2) is 5.43 Å². The number of fused-ring (bicyclic) bond motifs is 2. The molecule has 3 heterocycles. The predicted molar refractivity (Wildman–Crippen MR) is 116 cm³/mol. The number of halogens is 1. The Bertz CT molecular complexity index is 1370. The first kappa shape index (κ1) is 19.9. The third-order valence-electron chi connectivity index (χ3n) is 5.51. The van der Waals surface area contributed by atoms with E-state index in [4.69, 9.17) is 9.15 Å². The van der Waals surface area contributed by atoms with E-state index in [9.17, 15) is 14.0 Å². The van der Waals surface area contributed by atoms with Gasteiger partial charge < -0.3 is 14.1 Å². The number of pyridine rings is 1. The molecule has 0 aliphatic carbocycles. The molecule has 4 aromatic rings. The fraction of sp³-hybridized carbons (Fsp3) is 0.160. The molecule has 6 nitrogen and oxygen atoms in total. The van der Waals surface area contributed by atoms with Crippen LogP contribution in [0.5, 0.6) is 5.75 Å². The maximum Gasteiger partial charge on any atom is 0.291 e. The second-order valence-corrected chi connectivity index (χ2v) is 7.51.